The van der Waals surface area contributed by atoms with Gasteiger partial charge in [0.05, 0.1) is 16.7 Å². The third-order valence-corrected chi connectivity index (χ3v) is 3.79. The molecular weight excluding hydrogens is 409 g/mol. The van der Waals surface area contributed by atoms with Crippen LogP contribution in [-0.4, -0.2) is 28.7 Å². The Hall–Kier alpha value is -2.88. The topological polar surface area (TPSA) is 67.0 Å². The number of benzene rings is 2. The molecule has 148 valence electrons. The van der Waals surface area contributed by atoms with Gasteiger partial charge in [0.1, 0.15) is 5.75 Å². The molecular formula is C17H11ClF5N3O2. The minimum Gasteiger partial charge on any atom is -0.482 e. The van der Waals surface area contributed by atoms with E-state index in [2.05, 4.69) is 15.3 Å². The fourth-order valence-electron chi connectivity index (χ4n) is 2.35. The maximum atomic E-state index is 12.7. The lowest BCUT2D eigenvalue weighted by atomic mass is 10.2. The van der Waals surface area contributed by atoms with Crippen molar-refractivity contribution in [2.24, 2.45) is 0 Å². The summed E-state index contributed by atoms with van der Waals surface area (Å²) in [5.41, 5.74) is 0.449. The number of rotatable bonds is 5. The van der Waals surface area contributed by atoms with Crippen molar-refractivity contribution in [3.05, 3.63) is 52.8 Å². The number of imidazole rings is 1. The van der Waals surface area contributed by atoms with Crippen LogP contribution < -0.4 is 10.1 Å². The predicted octanol–water partition coefficient (Wildman–Crippen LogP) is 5.35. The molecule has 0 aliphatic carbocycles. The predicted molar refractivity (Wildman–Crippen MR) is 92.0 cm³/mol. The molecule has 2 aromatic carbocycles. The number of aromatic amines is 1. The average molecular weight is 420 g/mol. The number of carbonyl (C=O) groups is 1. The highest BCUT2D eigenvalue weighted by Gasteiger charge is 2.29. The van der Waals surface area contributed by atoms with Gasteiger partial charge in [-0.25, -0.2) is 13.8 Å². The molecule has 28 heavy (non-hydrogen) atoms. The van der Waals surface area contributed by atoms with Crippen molar-refractivity contribution >= 4 is 34.2 Å². The molecule has 3 rings (SSSR count). The molecule has 0 saturated carbocycles. The van der Waals surface area contributed by atoms with Crippen molar-refractivity contribution in [3.63, 3.8) is 0 Å². The number of carbonyl (C=O) groups excluding carboxylic acids is 1. The van der Waals surface area contributed by atoms with E-state index < -0.39 is 30.9 Å². The van der Waals surface area contributed by atoms with E-state index in [9.17, 15) is 26.7 Å². The molecule has 0 unspecified atom stereocenters. The molecule has 0 bridgehead atoms. The minimum absolute atomic E-state index is 0.0683. The molecule has 0 saturated heterocycles. The number of amides is 1. The van der Waals surface area contributed by atoms with Gasteiger partial charge in [0, 0.05) is 10.6 Å². The smallest absolute Gasteiger partial charge is 0.422 e. The SMILES string of the molecule is O=C(Nc1cc(Cl)ccc1OCC(F)(F)F)c1ccc2nc(C(F)F)[nH]c2c1. The first-order chi connectivity index (χ1) is 13.1. The molecule has 1 heterocycles. The van der Waals surface area contributed by atoms with E-state index in [0.29, 0.717) is 0 Å². The van der Waals surface area contributed by atoms with E-state index in [0.717, 1.165) is 0 Å². The maximum absolute atomic E-state index is 12.7. The molecule has 2 N–H and O–H groups in total. The number of nitrogens with zero attached hydrogens (tertiary/aromatic N) is 1. The summed E-state index contributed by atoms with van der Waals surface area (Å²) in [5.74, 6) is -1.46. The van der Waals surface area contributed by atoms with Crippen molar-refractivity contribution < 1.29 is 31.5 Å². The third-order valence-electron chi connectivity index (χ3n) is 3.55. The molecule has 0 radical (unpaired) electrons. The van der Waals surface area contributed by atoms with Crippen molar-refractivity contribution in [1.82, 2.24) is 9.97 Å². The van der Waals surface area contributed by atoms with Gasteiger partial charge in [0.25, 0.3) is 12.3 Å². The summed E-state index contributed by atoms with van der Waals surface area (Å²) < 4.78 is 67.3. The summed E-state index contributed by atoms with van der Waals surface area (Å²) in [7, 11) is 0. The average Bonchev–Trinajstić information content (AvgIpc) is 3.03. The van der Waals surface area contributed by atoms with Gasteiger partial charge in [-0.3, -0.25) is 4.79 Å². The Morgan fingerprint density at radius 1 is 1.21 bits per heavy atom. The summed E-state index contributed by atoms with van der Waals surface area (Å²) >= 11 is 5.83. The van der Waals surface area contributed by atoms with Gasteiger partial charge >= 0.3 is 6.18 Å². The number of anilines is 1. The van der Waals surface area contributed by atoms with E-state index >= 15 is 0 Å². The number of H-pyrrole nitrogens is 1. The fraction of sp³-hybridized carbons (Fsp3) is 0.176. The fourth-order valence-corrected chi connectivity index (χ4v) is 2.53. The highest BCUT2D eigenvalue weighted by atomic mass is 35.5. The molecule has 0 fully saturated rings. The van der Waals surface area contributed by atoms with Crippen molar-refractivity contribution in [2.45, 2.75) is 12.6 Å². The van der Waals surface area contributed by atoms with E-state index in [1.807, 2.05) is 0 Å². The van der Waals surface area contributed by atoms with Crippen LogP contribution >= 0.6 is 11.6 Å². The summed E-state index contributed by atoms with van der Waals surface area (Å²) in [6, 6.07) is 7.74. The first kappa shape index (κ1) is 19.9. The number of alkyl halides is 5. The number of ether oxygens (including phenoxy) is 1. The lowest BCUT2D eigenvalue weighted by Crippen LogP contribution is -2.20. The normalized spacial score (nSPS) is 11.8. The van der Waals surface area contributed by atoms with E-state index in [1.165, 1.54) is 36.4 Å². The highest BCUT2D eigenvalue weighted by Crippen LogP contribution is 2.30. The molecule has 0 aliphatic heterocycles. The zero-order chi connectivity index (χ0) is 20.5. The van der Waals surface area contributed by atoms with E-state index in [1.54, 1.807) is 0 Å². The zero-order valence-electron chi connectivity index (χ0n) is 13.8. The van der Waals surface area contributed by atoms with Gasteiger partial charge in [-0.15, -0.1) is 0 Å². The first-order valence-corrected chi connectivity index (χ1v) is 8.08. The lowest BCUT2D eigenvalue weighted by Gasteiger charge is -2.14. The molecule has 5 nitrogen and oxygen atoms in total. The summed E-state index contributed by atoms with van der Waals surface area (Å²) in [5, 5.41) is 2.57. The molecule has 1 amide bonds. The van der Waals surface area contributed by atoms with Gasteiger partial charge in [0.2, 0.25) is 0 Å². The minimum atomic E-state index is -4.56. The number of halogens is 6. The molecule has 3 aromatic rings. The molecule has 0 atom stereocenters. The van der Waals surface area contributed by atoms with Crippen LogP contribution in [0.3, 0.4) is 0 Å². The van der Waals surface area contributed by atoms with Crippen LogP contribution in [0.1, 0.15) is 22.6 Å². The Morgan fingerprint density at radius 3 is 2.64 bits per heavy atom. The van der Waals surface area contributed by atoms with Crippen LogP contribution in [0.5, 0.6) is 5.75 Å². The second-order valence-corrected chi connectivity index (χ2v) is 6.09. The lowest BCUT2D eigenvalue weighted by molar-refractivity contribution is -0.153. The Balaban J connectivity index is 1.84. The quantitative estimate of drug-likeness (QED) is 0.548. The van der Waals surface area contributed by atoms with Gasteiger partial charge in [-0.1, -0.05) is 11.6 Å². The van der Waals surface area contributed by atoms with Crippen molar-refractivity contribution in [3.8, 4) is 5.75 Å². The Morgan fingerprint density at radius 2 is 1.96 bits per heavy atom. The number of nitrogens with one attached hydrogen (secondary N) is 2. The van der Waals surface area contributed by atoms with Gasteiger partial charge < -0.3 is 15.0 Å². The van der Waals surface area contributed by atoms with Crippen LogP contribution in [0, 0.1) is 0 Å². The molecule has 11 heteroatoms. The van der Waals surface area contributed by atoms with E-state index in [-0.39, 0.29) is 33.1 Å². The summed E-state index contributed by atoms with van der Waals surface area (Å²) in [4.78, 5) is 18.5. The molecule has 0 aliphatic rings. The second kappa shape index (κ2) is 7.63. The van der Waals surface area contributed by atoms with Gasteiger partial charge in [-0.05, 0) is 36.4 Å². The number of fused-ring (bicyclic) bond motifs is 1. The second-order valence-electron chi connectivity index (χ2n) is 5.65. The molecule has 1 aromatic heterocycles. The number of hydrogen-bond donors (Lipinski definition) is 2. The van der Waals surface area contributed by atoms with Crippen LogP contribution in [-0.2, 0) is 0 Å². The first-order valence-electron chi connectivity index (χ1n) is 7.70. The van der Waals surface area contributed by atoms with E-state index in [4.69, 9.17) is 16.3 Å². The van der Waals surface area contributed by atoms with Crippen LogP contribution in [0.25, 0.3) is 11.0 Å². The Bertz CT molecular complexity index is 1020. The van der Waals surface area contributed by atoms with Crippen molar-refractivity contribution in [2.75, 3.05) is 11.9 Å². The third kappa shape index (κ3) is 4.69. The van der Waals surface area contributed by atoms with Crippen LogP contribution in [0.15, 0.2) is 36.4 Å². The summed E-state index contributed by atoms with van der Waals surface area (Å²) in [6.07, 6.45) is -7.36. The Labute approximate surface area is 159 Å². The van der Waals surface area contributed by atoms with Crippen LogP contribution in [0.4, 0.5) is 27.6 Å². The van der Waals surface area contributed by atoms with Crippen molar-refractivity contribution in [1.29, 1.82) is 0 Å². The Kier molecular flexibility index (Phi) is 5.41. The number of aromatic nitrogens is 2. The van der Waals surface area contributed by atoms with Gasteiger partial charge in [-0.2, -0.15) is 13.2 Å². The number of hydrogen-bond acceptors (Lipinski definition) is 3. The zero-order valence-corrected chi connectivity index (χ0v) is 14.5. The van der Waals surface area contributed by atoms with Gasteiger partial charge in [0.15, 0.2) is 12.4 Å². The van der Waals surface area contributed by atoms with Crippen LogP contribution in [0.2, 0.25) is 5.02 Å². The largest absolute Gasteiger partial charge is 0.482 e. The summed E-state index contributed by atoms with van der Waals surface area (Å²) in [6.45, 7) is -1.55. The monoisotopic (exact) mass is 419 g/mol. The standard InChI is InChI=1S/C17H11ClF5N3O2/c18-9-2-4-13(28-7-17(21,22)23)12(6-9)26-16(27)8-1-3-10-11(5-8)25-15(24-10)14(19)20/h1-6,14H,7H2,(H,24,25)(H,26,27). The maximum Gasteiger partial charge on any atom is 0.422 e. The highest BCUT2D eigenvalue weighted by molar-refractivity contribution is 6.31. The molecule has 0 spiro atoms.